The third-order valence-electron chi connectivity index (χ3n) is 3.57. The number of nitrogens with zero attached hydrogens (tertiary/aromatic N) is 3. The second-order valence-corrected chi connectivity index (χ2v) is 5.17. The number of urea groups is 1. The number of carbonyl (C=O) groups is 2. The van der Waals surface area contributed by atoms with Gasteiger partial charge in [0.05, 0.1) is 6.10 Å². The van der Waals surface area contributed by atoms with Crippen molar-refractivity contribution in [3.8, 4) is 0 Å². The van der Waals surface area contributed by atoms with Gasteiger partial charge in [0.15, 0.2) is 0 Å². The van der Waals surface area contributed by atoms with Crippen LogP contribution in [0, 0.1) is 0 Å². The summed E-state index contributed by atoms with van der Waals surface area (Å²) in [5.41, 5.74) is 0.869. The van der Waals surface area contributed by atoms with Crippen molar-refractivity contribution in [3.05, 3.63) is 30.1 Å². The van der Waals surface area contributed by atoms with Crippen molar-refractivity contribution < 1.29 is 19.8 Å². The molecule has 1 aliphatic rings. The Hall–Kier alpha value is -2.15. The summed E-state index contributed by atoms with van der Waals surface area (Å²) in [5.74, 6) is -1.09. The van der Waals surface area contributed by atoms with Crippen LogP contribution in [0.5, 0.6) is 0 Å². The molecule has 2 heterocycles. The van der Waals surface area contributed by atoms with E-state index >= 15 is 0 Å². The Bertz CT molecular complexity index is 508. The lowest BCUT2D eigenvalue weighted by Gasteiger charge is -2.27. The molecule has 0 saturated carbocycles. The minimum atomic E-state index is -1.09. The van der Waals surface area contributed by atoms with E-state index in [0.717, 1.165) is 5.69 Å². The van der Waals surface area contributed by atoms with Gasteiger partial charge in [0.1, 0.15) is 6.04 Å². The predicted molar refractivity (Wildman–Crippen MR) is 74.7 cm³/mol. The van der Waals surface area contributed by atoms with Crippen molar-refractivity contribution in [2.24, 2.45) is 0 Å². The van der Waals surface area contributed by atoms with E-state index in [2.05, 4.69) is 4.98 Å². The highest BCUT2D eigenvalue weighted by molar-refractivity contribution is 5.83. The molecule has 0 aliphatic carbocycles. The average molecular weight is 293 g/mol. The molecule has 1 aromatic heterocycles. The summed E-state index contributed by atoms with van der Waals surface area (Å²) in [5, 5.41) is 18.7. The third kappa shape index (κ3) is 3.69. The number of carbonyl (C=O) groups excluding carboxylic acids is 1. The standard InChI is InChI=1S/C14H19N3O4/c1-16(7-5-10-4-2-3-6-15-10)14(21)17-9-11(18)8-12(17)13(19)20/h2-4,6,11-12,18H,5,7-9H2,1H3,(H,19,20)/t11-,12-/m0/s1. The second kappa shape index (κ2) is 6.53. The van der Waals surface area contributed by atoms with Crippen LogP contribution in [0.15, 0.2) is 24.4 Å². The zero-order valence-corrected chi connectivity index (χ0v) is 11.8. The van der Waals surface area contributed by atoms with E-state index < -0.39 is 18.1 Å². The molecule has 2 rings (SSSR count). The Labute approximate surface area is 122 Å². The zero-order valence-electron chi connectivity index (χ0n) is 11.8. The first-order chi connectivity index (χ1) is 9.99. The van der Waals surface area contributed by atoms with Gasteiger partial charge < -0.3 is 20.0 Å². The van der Waals surface area contributed by atoms with Crippen LogP contribution < -0.4 is 0 Å². The maximum atomic E-state index is 12.3. The molecule has 114 valence electrons. The summed E-state index contributed by atoms with van der Waals surface area (Å²) in [7, 11) is 1.62. The lowest BCUT2D eigenvalue weighted by molar-refractivity contribution is -0.141. The summed E-state index contributed by atoms with van der Waals surface area (Å²) < 4.78 is 0. The lowest BCUT2D eigenvalue weighted by Crippen LogP contribution is -2.47. The van der Waals surface area contributed by atoms with Crippen molar-refractivity contribution in [3.63, 3.8) is 0 Å². The molecule has 1 aromatic rings. The minimum absolute atomic E-state index is 0.0593. The molecule has 0 aromatic carbocycles. The van der Waals surface area contributed by atoms with Crippen molar-refractivity contribution in [1.82, 2.24) is 14.8 Å². The first kappa shape index (κ1) is 15.2. The van der Waals surface area contributed by atoms with E-state index in [1.165, 1.54) is 9.80 Å². The second-order valence-electron chi connectivity index (χ2n) is 5.17. The molecule has 2 atom stereocenters. The van der Waals surface area contributed by atoms with Crippen LogP contribution >= 0.6 is 0 Å². The van der Waals surface area contributed by atoms with Crippen LogP contribution in [0.2, 0.25) is 0 Å². The number of β-amino-alcohol motifs (C(OH)–C–C–N with tert-alkyl or cyclic N) is 1. The van der Waals surface area contributed by atoms with Crippen LogP contribution in [-0.2, 0) is 11.2 Å². The highest BCUT2D eigenvalue weighted by Gasteiger charge is 2.39. The van der Waals surface area contributed by atoms with Crippen molar-refractivity contribution in [2.45, 2.75) is 25.0 Å². The van der Waals surface area contributed by atoms with Crippen LogP contribution in [0.4, 0.5) is 4.79 Å². The molecule has 1 aliphatic heterocycles. The van der Waals surface area contributed by atoms with E-state index in [1.807, 2.05) is 18.2 Å². The van der Waals surface area contributed by atoms with Gasteiger partial charge in [0.25, 0.3) is 0 Å². The molecule has 2 N–H and O–H groups in total. The van der Waals surface area contributed by atoms with Crippen LogP contribution in [-0.4, -0.2) is 69.3 Å². The van der Waals surface area contributed by atoms with Gasteiger partial charge in [-0.3, -0.25) is 4.98 Å². The summed E-state index contributed by atoms with van der Waals surface area (Å²) >= 11 is 0. The molecule has 0 spiro atoms. The van der Waals surface area contributed by atoms with Gasteiger partial charge in [-0.05, 0) is 12.1 Å². The normalized spacial score (nSPS) is 21.3. The molecule has 1 fully saturated rings. The van der Waals surface area contributed by atoms with Crippen molar-refractivity contribution >= 4 is 12.0 Å². The van der Waals surface area contributed by atoms with Gasteiger partial charge in [-0.15, -0.1) is 0 Å². The Balaban J connectivity index is 1.94. The number of pyridine rings is 1. The Morgan fingerprint density at radius 3 is 2.86 bits per heavy atom. The van der Waals surface area contributed by atoms with Crippen molar-refractivity contribution in [2.75, 3.05) is 20.1 Å². The molecule has 21 heavy (non-hydrogen) atoms. The van der Waals surface area contributed by atoms with Gasteiger partial charge in [-0.2, -0.15) is 0 Å². The van der Waals surface area contributed by atoms with Gasteiger partial charge in [0.2, 0.25) is 0 Å². The zero-order chi connectivity index (χ0) is 15.4. The highest BCUT2D eigenvalue weighted by Crippen LogP contribution is 2.19. The Morgan fingerprint density at radius 2 is 2.24 bits per heavy atom. The summed E-state index contributed by atoms with van der Waals surface area (Å²) in [6.45, 7) is 0.499. The van der Waals surface area contributed by atoms with E-state index in [9.17, 15) is 14.7 Å². The minimum Gasteiger partial charge on any atom is -0.480 e. The monoisotopic (exact) mass is 293 g/mol. The largest absolute Gasteiger partial charge is 0.480 e. The summed E-state index contributed by atoms with van der Waals surface area (Å²) in [6, 6.07) is 4.24. The number of carboxylic acid groups (broad SMARTS) is 1. The average Bonchev–Trinajstić information content (AvgIpc) is 2.87. The Kier molecular flexibility index (Phi) is 4.74. The maximum absolute atomic E-state index is 12.3. The number of hydrogen-bond donors (Lipinski definition) is 2. The number of aliphatic carboxylic acids is 1. The van der Waals surface area contributed by atoms with Crippen LogP contribution in [0.3, 0.4) is 0 Å². The molecule has 0 radical (unpaired) electrons. The fourth-order valence-electron chi connectivity index (χ4n) is 2.40. The summed E-state index contributed by atoms with van der Waals surface area (Å²) in [6.07, 6.45) is 1.58. The number of aliphatic hydroxyl groups excluding tert-OH is 1. The van der Waals surface area contributed by atoms with E-state index in [0.29, 0.717) is 13.0 Å². The number of hydrogen-bond acceptors (Lipinski definition) is 4. The number of aromatic nitrogens is 1. The number of amides is 2. The first-order valence-electron chi connectivity index (χ1n) is 6.81. The maximum Gasteiger partial charge on any atom is 0.326 e. The number of aliphatic hydroxyl groups is 1. The fraction of sp³-hybridized carbons (Fsp3) is 0.500. The molecule has 7 heteroatoms. The fourth-order valence-corrected chi connectivity index (χ4v) is 2.40. The molecule has 1 saturated heterocycles. The smallest absolute Gasteiger partial charge is 0.326 e. The van der Waals surface area contributed by atoms with Gasteiger partial charge in [0, 0.05) is 44.9 Å². The SMILES string of the molecule is CN(CCc1ccccn1)C(=O)N1C[C@@H](O)C[C@H]1C(=O)O. The molecule has 2 amide bonds. The lowest BCUT2D eigenvalue weighted by atomic mass is 10.2. The van der Waals surface area contributed by atoms with Crippen molar-refractivity contribution in [1.29, 1.82) is 0 Å². The molecular weight excluding hydrogens is 274 g/mol. The first-order valence-corrected chi connectivity index (χ1v) is 6.81. The van der Waals surface area contributed by atoms with Gasteiger partial charge >= 0.3 is 12.0 Å². The molecule has 0 unspecified atom stereocenters. The van der Waals surface area contributed by atoms with E-state index in [1.54, 1.807) is 13.2 Å². The number of likely N-dealkylation sites (N-methyl/N-ethyl adjacent to an activating group) is 1. The van der Waals surface area contributed by atoms with Crippen LogP contribution in [0.1, 0.15) is 12.1 Å². The van der Waals surface area contributed by atoms with Crippen LogP contribution in [0.25, 0.3) is 0 Å². The van der Waals surface area contributed by atoms with Gasteiger partial charge in [-0.1, -0.05) is 6.07 Å². The van der Waals surface area contributed by atoms with E-state index in [4.69, 9.17) is 5.11 Å². The molecular formula is C14H19N3O4. The number of rotatable bonds is 4. The summed E-state index contributed by atoms with van der Waals surface area (Å²) in [4.78, 5) is 30.3. The number of likely N-dealkylation sites (tertiary alicyclic amines) is 1. The van der Waals surface area contributed by atoms with E-state index in [-0.39, 0.29) is 19.0 Å². The Morgan fingerprint density at radius 1 is 1.48 bits per heavy atom. The molecule has 7 nitrogen and oxygen atoms in total. The topological polar surface area (TPSA) is 94.0 Å². The predicted octanol–water partition coefficient (Wildman–Crippen LogP) is 0.196. The van der Waals surface area contributed by atoms with Gasteiger partial charge in [-0.25, -0.2) is 9.59 Å². The third-order valence-corrected chi connectivity index (χ3v) is 3.57. The highest BCUT2D eigenvalue weighted by atomic mass is 16.4. The quantitative estimate of drug-likeness (QED) is 0.827. The number of carboxylic acids is 1. The molecule has 0 bridgehead atoms.